The van der Waals surface area contributed by atoms with Crippen LogP contribution >= 0.6 is 0 Å². The Morgan fingerprint density at radius 2 is 2.83 bits per heavy atom. The van der Waals surface area contributed by atoms with Crippen LogP contribution < -0.4 is 0 Å². The number of hydrogen-bond donors (Lipinski definition) is 0. The van der Waals surface area contributed by atoms with Crippen LogP contribution in [-0.2, 0) is 4.74 Å². The minimum absolute atomic E-state index is 0.0197. The van der Waals surface area contributed by atoms with Crippen molar-refractivity contribution in [2.75, 3.05) is 6.61 Å². The molecule has 6 heavy (non-hydrogen) atoms. The Labute approximate surface area is 39.0 Å². The van der Waals surface area contributed by atoms with E-state index in [0.717, 1.165) is 6.42 Å². The summed E-state index contributed by atoms with van der Waals surface area (Å²) in [4.78, 5) is 0. The van der Waals surface area contributed by atoms with Crippen molar-refractivity contribution in [1.82, 2.24) is 0 Å². The lowest BCUT2D eigenvalue weighted by Crippen LogP contribution is -1.90. The van der Waals surface area contributed by atoms with Crippen molar-refractivity contribution in [2.45, 2.75) is 12.8 Å². The Morgan fingerprint density at radius 3 is 3.17 bits per heavy atom. The zero-order valence-electron chi connectivity index (χ0n) is 4.55. The Balaban J connectivity index is 2.36. The second-order valence-corrected chi connectivity index (χ2v) is 1.22. The van der Waals surface area contributed by atoms with E-state index < -0.39 is 0 Å². The minimum Gasteiger partial charge on any atom is -0.502 e. The van der Waals surface area contributed by atoms with Crippen molar-refractivity contribution in [1.29, 1.82) is 0 Å². The molecule has 34 valence electrons. The first-order valence-electron chi connectivity index (χ1n) is 2.68. The Bertz CT molecular complexity index is 80.1. The quantitative estimate of drug-likeness (QED) is 0.431. The van der Waals surface area contributed by atoms with Gasteiger partial charge in [-0.05, 0) is 18.9 Å². The van der Waals surface area contributed by atoms with Crippen molar-refractivity contribution in [3.8, 4) is 0 Å². The maximum atomic E-state index is 7.11. The number of allylic oxidation sites excluding steroid dienone is 1. The maximum absolute atomic E-state index is 7.11. The third-order valence-corrected chi connectivity index (χ3v) is 0.713. The first-order chi connectivity index (χ1) is 3.39. The van der Waals surface area contributed by atoms with E-state index in [2.05, 4.69) is 0 Å². The molecule has 0 unspecified atom stereocenters. The molecule has 1 atom stereocenters. The molecule has 0 aromatic carbocycles. The number of rotatable bonds is 0. The van der Waals surface area contributed by atoms with Gasteiger partial charge in [0.15, 0.2) is 0 Å². The summed E-state index contributed by atoms with van der Waals surface area (Å²) >= 11 is 0. The highest BCUT2D eigenvalue weighted by Crippen LogP contribution is 1.97. The molecule has 0 spiro atoms. The predicted octanol–water partition coefficient (Wildman–Crippen LogP) is 1.31. The van der Waals surface area contributed by atoms with E-state index in [4.69, 9.17) is 6.11 Å². The van der Waals surface area contributed by atoms with Gasteiger partial charge < -0.3 is 4.74 Å². The molecular formula is C5H8O. The van der Waals surface area contributed by atoms with Gasteiger partial charge in [0, 0.05) is 1.37 Å². The summed E-state index contributed by atoms with van der Waals surface area (Å²) in [6.07, 6.45) is 4.18. The van der Waals surface area contributed by atoms with Gasteiger partial charge in [-0.3, -0.25) is 0 Å². The lowest BCUT2D eigenvalue weighted by molar-refractivity contribution is 0.231. The molecule has 0 N–H and O–H groups in total. The molecule has 0 amide bonds. The topological polar surface area (TPSA) is 9.23 Å². The fourth-order valence-corrected chi connectivity index (χ4v) is 0.411. The van der Waals surface area contributed by atoms with Gasteiger partial charge in [0.25, 0.3) is 0 Å². The van der Waals surface area contributed by atoms with Crippen LogP contribution in [0.4, 0.5) is 0 Å². The molecule has 1 heteroatoms. The molecule has 0 aromatic heterocycles. The first kappa shape index (κ1) is 2.67. The summed E-state index contributed by atoms with van der Waals surface area (Å²) in [5.74, 6) is 0. The largest absolute Gasteiger partial charge is 0.502 e. The molecule has 0 bridgehead atoms. The van der Waals surface area contributed by atoms with Gasteiger partial charge in [-0.15, -0.1) is 0 Å². The smallest absolute Gasteiger partial charge is 0.0876 e. The second kappa shape index (κ2) is 1.85. The molecule has 1 aliphatic rings. The van der Waals surface area contributed by atoms with Gasteiger partial charge >= 0.3 is 0 Å². The average Bonchev–Trinajstić information content (AvgIpc) is 1.69. The Hall–Kier alpha value is -0.460. The fourth-order valence-electron chi connectivity index (χ4n) is 0.411. The average molecular weight is 85.1 g/mol. The van der Waals surface area contributed by atoms with Crippen molar-refractivity contribution in [3.05, 3.63) is 12.3 Å². The molecule has 0 saturated carbocycles. The van der Waals surface area contributed by atoms with Crippen LogP contribution in [0.3, 0.4) is 0 Å². The first-order valence-corrected chi connectivity index (χ1v) is 2.10. The molecule has 1 rings (SSSR count). The normalized spacial score (nSPS) is 34.7. The minimum atomic E-state index is -0.0197. The molecule has 1 nitrogen and oxygen atoms in total. The van der Waals surface area contributed by atoms with Crippen LogP contribution in [0.15, 0.2) is 12.3 Å². The zero-order valence-corrected chi connectivity index (χ0v) is 3.55. The second-order valence-electron chi connectivity index (χ2n) is 1.22. The van der Waals surface area contributed by atoms with Gasteiger partial charge in [-0.25, -0.2) is 0 Å². The van der Waals surface area contributed by atoms with E-state index in [1.165, 1.54) is 0 Å². The zero-order chi connectivity index (χ0) is 5.11. The SMILES string of the molecule is [2H][C@H]1C=COCC1. The van der Waals surface area contributed by atoms with Gasteiger partial charge in [-0.1, -0.05) is 0 Å². The van der Waals surface area contributed by atoms with E-state index in [1.807, 2.05) is 0 Å². The lowest BCUT2D eigenvalue weighted by Gasteiger charge is -2.01. The van der Waals surface area contributed by atoms with Crippen molar-refractivity contribution in [3.63, 3.8) is 0 Å². The molecule has 0 fully saturated rings. The van der Waals surface area contributed by atoms with E-state index in [1.54, 1.807) is 12.3 Å². The summed E-state index contributed by atoms with van der Waals surface area (Å²) in [6.45, 7) is 0.713. The van der Waals surface area contributed by atoms with Crippen molar-refractivity contribution in [2.24, 2.45) is 0 Å². The third kappa shape index (κ3) is 0.744. The summed E-state index contributed by atoms with van der Waals surface area (Å²) in [5, 5.41) is 0. The fraction of sp³-hybridized carbons (Fsp3) is 0.600. The van der Waals surface area contributed by atoms with Crippen LogP contribution in [-0.4, -0.2) is 6.61 Å². The van der Waals surface area contributed by atoms with Crippen molar-refractivity contribution < 1.29 is 6.11 Å². The van der Waals surface area contributed by atoms with Gasteiger partial charge in [-0.2, -0.15) is 0 Å². The molecule has 1 heterocycles. The molecule has 1 aliphatic heterocycles. The predicted molar refractivity (Wildman–Crippen MR) is 24.3 cm³/mol. The summed E-state index contributed by atoms with van der Waals surface area (Å²) in [6, 6.07) is 0. The molecule has 0 aromatic rings. The number of ether oxygens (including phenoxy) is 1. The molecule has 0 aliphatic carbocycles. The highest BCUT2D eigenvalue weighted by atomic mass is 16.5. The summed E-state index contributed by atoms with van der Waals surface area (Å²) < 4.78 is 11.9. The molecule has 0 saturated heterocycles. The summed E-state index contributed by atoms with van der Waals surface area (Å²) in [7, 11) is 0. The lowest BCUT2D eigenvalue weighted by atomic mass is 10.3. The van der Waals surface area contributed by atoms with Gasteiger partial charge in [0.1, 0.15) is 0 Å². The van der Waals surface area contributed by atoms with E-state index in [9.17, 15) is 0 Å². The molecular weight excluding hydrogens is 76.1 g/mol. The van der Waals surface area contributed by atoms with Crippen molar-refractivity contribution >= 4 is 0 Å². The van der Waals surface area contributed by atoms with Crippen LogP contribution in [0.25, 0.3) is 0 Å². The summed E-state index contributed by atoms with van der Waals surface area (Å²) in [5.41, 5.74) is 0. The third-order valence-electron chi connectivity index (χ3n) is 0.713. The highest BCUT2D eigenvalue weighted by Gasteiger charge is 1.86. The van der Waals surface area contributed by atoms with Gasteiger partial charge in [0.2, 0.25) is 0 Å². The van der Waals surface area contributed by atoms with E-state index in [-0.39, 0.29) is 6.40 Å². The Kier molecular flexibility index (Phi) is 0.825. The maximum Gasteiger partial charge on any atom is 0.0876 e. The van der Waals surface area contributed by atoms with Crippen LogP contribution in [0.5, 0.6) is 0 Å². The van der Waals surface area contributed by atoms with Crippen LogP contribution in [0.2, 0.25) is 0 Å². The Morgan fingerprint density at radius 1 is 1.83 bits per heavy atom. The molecule has 0 radical (unpaired) electrons. The monoisotopic (exact) mass is 85.1 g/mol. The standard InChI is InChI=1S/C5H8O/c1-2-4-6-5-3-1/h2,4H,1,3,5H2/i1D/t1-/m0/s1. The van der Waals surface area contributed by atoms with E-state index >= 15 is 0 Å². The van der Waals surface area contributed by atoms with E-state index in [0.29, 0.717) is 6.61 Å². The van der Waals surface area contributed by atoms with Crippen LogP contribution in [0, 0.1) is 0 Å². The van der Waals surface area contributed by atoms with Crippen LogP contribution in [0.1, 0.15) is 14.2 Å². The highest BCUT2D eigenvalue weighted by molar-refractivity contribution is 4.76. The van der Waals surface area contributed by atoms with Gasteiger partial charge in [0.05, 0.1) is 12.9 Å². The number of hydrogen-bond acceptors (Lipinski definition) is 1.